The van der Waals surface area contributed by atoms with Crippen LogP contribution in [0.3, 0.4) is 0 Å². The summed E-state index contributed by atoms with van der Waals surface area (Å²) in [5.41, 5.74) is 2.12. The van der Waals surface area contributed by atoms with Crippen LogP contribution in [0.4, 0.5) is 0 Å². The van der Waals surface area contributed by atoms with Gasteiger partial charge < -0.3 is 19.7 Å². The Labute approximate surface area is 153 Å². The lowest BCUT2D eigenvalue weighted by atomic mass is 10.1. The zero-order valence-electron chi connectivity index (χ0n) is 15.2. The number of carboxylic acid groups (broad SMARTS) is 1. The van der Waals surface area contributed by atoms with Crippen molar-refractivity contribution in [3.8, 4) is 5.75 Å². The van der Waals surface area contributed by atoms with E-state index in [9.17, 15) is 9.59 Å². The van der Waals surface area contributed by atoms with Crippen LogP contribution < -0.4 is 4.74 Å². The fourth-order valence-electron chi connectivity index (χ4n) is 3.22. The van der Waals surface area contributed by atoms with Gasteiger partial charge in [-0.3, -0.25) is 9.59 Å². The molecule has 3 rings (SSSR count). The molecular formula is C20H26N2O4. The van der Waals surface area contributed by atoms with Gasteiger partial charge in [-0.05, 0) is 56.8 Å². The molecule has 6 nitrogen and oxygen atoms in total. The Morgan fingerprint density at radius 3 is 2.77 bits per heavy atom. The summed E-state index contributed by atoms with van der Waals surface area (Å²) >= 11 is 0. The van der Waals surface area contributed by atoms with Gasteiger partial charge in [0.25, 0.3) is 0 Å². The van der Waals surface area contributed by atoms with Crippen molar-refractivity contribution in [2.45, 2.75) is 51.0 Å². The molecule has 1 fully saturated rings. The van der Waals surface area contributed by atoms with E-state index >= 15 is 0 Å². The number of hydrogen-bond donors (Lipinski definition) is 2. The van der Waals surface area contributed by atoms with Gasteiger partial charge in [-0.1, -0.05) is 6.07 Å². The molecule has 0 spiro atoms. The minimum Gasteiger partial charge on any atom is -0.481 e. The van der Waals surface area contributed by atoms with Crippen molar-refractivity contribution in [1.82, 2.24) is 9.88 Å². The van der Waals surface area contributed by atoms with Gasteiger partial charge in [0.1, 0.15) is 5.75 Å². The predicted octanol–water partition coefficient (Wildman–Crippen LogP) is 3.36. The number of aromatic amines is 1. The van der Waals surface area contributed by atoms with E-state index in [4.69, 9.17) is 9.84 Å². The van der Waals surface area contributed by atoms with Crippen LogP contribution in [0.15, 0.2) is 24.4 Å². The monoisotopic (exact) mass is 358 g/mol. The summed E-state index contributed by atoms with van der Waals surface area (Å²) < 4.78 is 5.58. The second-order valence-corrected chi connectivity index (χ2v) is 7.03. The van der Waals surface area contributed by atoms with E-state index in [0.717, 1.165) is 35.5 Å². The second-order valence-electron chi connectivity index (χ2n) is 7.03. The Morgan fingerprint density at radius 2 is 2.04 bits per heavy atom. The van der Waals surface area contributed by atoms with Gasteiger partial charge in [0.15, 0.2) is 0 Å². The SMILES string of the molecule is CN(CCc1c[nH]c2cccc(OC(=O)CCCCC(=O)O)c12)C1CC1. The van der Waals surface area contributed by atoms with E-state index in [-0.39, 0.29) is 18.8 Å². The smallest absolute Gasteiger partial charge is 0.311 e. The maximum atomic E-state index is 12.1. The molecule has 6 heteroatoms. The van der Waals surface area contributed by atoms with Crippen molar-refractivity contribution in [3.63, 3.8) is 0 Å². The number of carbonyl (C=O) groups excluding carboxylic acids is 1. The van der Waals surface area contributed by atoms with Crippen molar-refractivity contribution >= 4 is 22.8 Å². The summed E-state index contributed by atoms with van der Waals surface area (Å²) in [4.78, 5) is 28.3. The minimum atomic E-state index is -0.837. The van der Waals surface area contributed by atoms with Gasteiger partial charge in [0, 0.05) is 42.5 Å². The molecule has 0 unspecified atom stereocenters. The molecule has 1 heterocycles. The first-order chi connectivity index (χ1) is 12.5. The van der Waals surface area contributed by atoms with Gasteiger partial charge in [0.05, 0.1) is 0 Å². The number of unbranched alkanes of at least 4 members (excludes halogenated alkanes) is 1. The molecule has 0 bridgehead atoms. The lowest BCUT2D eigenvalue weighted by Gasteiger charge is -2.15. The zero-order valence-corrected chi connectivity index (χ0v) is 15.2. The van der Waals surface area contributed by atoms with Gasteiger partial charge in [-0.15, -0.1) is 0 Å². The maximum absolute atomic E-state index is 12.1. The third-order valence-corrected chi connectivity index (χ3v) is 4.90. The molecule has 1 aromatic carbocycles. The first-order valence-corrected chi connectivity index (χ1v) is 9.26. The molecule has 1 aliphatic carbocycles. The lowest BCUT2D eigenvalue weighted by molar-refractivity contribution is -0.138. The Morgan fingerprint density at radius 1 is 1.27 bits per heavy atom. The quantitative estimate of drug-likeness (QED) is 0.387. The summed E-state index contributed by atoms with van der Waals surface area (Å²) in [5, 5.41) is 9.61. The van der Waals surface area contributed by atoms with E-state index < -0.39 is 5.97 Å². The number of fused-ring (bicyclic) bond motifs is 1. The van der Waals surface area contributed by atoms with Crippen LogP contribution in [0.5, 0.6) is 5.75 Å². The van der Waals surface area contributed by atoms with E-state index in [1.54, 1.807) is 0 Å². The van der Waals surface area contributed by atoms with Crippen molar-refractivity contribution in [2.24, 2.45) is 0 Å². The number of likely N-dealkylation sites (N-methyl/N-ethyl adjacent to an activating group) is 1. The number of rotatable bonds is 10. The highest BCUT2D eigenvalue weighted by Crippen LogP contribution is 2.31. The van der Waals surface area contributed by atoms with Crippen LogP contribution in [0.2, 0.25) is 0 Å². The highest BCUT2D eigenvalue weighted by Gasteiger charge is 2.25. The third-order valence-electron chi connectivity index (χ3n) is 4.90. The number of benzene rings is 1. The average Bonchev–Trinajstić information content (AvgIpc) is 3.37. The summed E-state index contributed by atoms with van der Waals surface area (Å²) in [7, 11) is 2.16. The molecule has 2 N–H and O–H groups in total. The van der Waals surface area contributed by atoms with E-state index in [1.807, 2.05) is 24.4 Å². The Bertz CT molecular complexity index is 779. The van der Waals surface area contributed by atoms with Crippen LogP contribution in [0.25, 0.3) is 10.9 Å². The number of aromatic nitrogens is 1. The zero-order chi connectivity index (χ0) is 18.5. The second kappa shape index (κ2) is 8.36. The number of aliphatic carboxylic acids is 1. The molecule has 0 atom stereocenters. The number of H-pyrrole nitrogens is 1. The fourth-order valence-corrected chi connectivity index (χ4v) is 3.22. The number of carboxylic acids is 1. The van der Waals surface area contributed by atoms with E-state index in [0.29, 0.717) is 18.6 Å². The maximum Gasteiger partial charge on any atom is 0.311 e. The minimum absolute atomic E-state index is 0.0827. The molecule has 1 saturated carbocycles. The Kier molecular flexibility index (Phi) is 5.93. The number of esters is 1. The van der Waals surface area contributed by atoms with Gasteiger partial charge >= 0.3 is 11.9 Å². The summed E-state index contributed by atoms with van der Waals surface area (Å²) in [6.45, 7) is 0.981. The molecule has 1 aromatic heterocycles. The van der Waals surface area contributed by atoms with Crippen LogP contribution >= 0.6 is 0 Å². The molecule has 140 valence electrons. The van der Waals surface area contributed by atoms with Crippen molar-refractivity contribution in [2.75, 3.05) is 13.6 Å². The molecule has 0 aliphatic heterocycles. The molecule has 0 saturated heterocycles. The van der Waals surface area contributed by atoms with Crippen LogP contribution in [0.1, 0.15) is 44.1 Å². The Balaban J connectivity index is 1.62. The van der Waals surface area contributed by atoms with Gasteiger partial charge in [0.2, 0.25) is 0 Å². The van der Waals surface area contributed by atoms with Crippen LogP contribution in [0, 0.1) is 0 Å². The Hall–Kier alpha value is -2.34. The number of nitrogens with one attached hydrogen (secondary N) is 1. The molecule has 1 aliphatic rings. The van der Waals surface area contributed by atoms with Crippen molar-refractivity contribution in [1.29, 1.82) is 0 Å². The summed E-state index contributed by atoms with van der Waals surface area (Å²) in [6, 6.07) is 6.39. The predicted molar refractivity (Wildman–Crippen MR) is 99.4 cm³/mol. The fraction of sp³-hybridized carbons (Fsp3) is 0.500. The number of carbonyl (C=O) groups is 2. The van der Waals surface area contributed by atoms with E-state index in [1.165, 1.54) is 12.8 Å². The third kappa shape index (κ3) is 4.85. The molecular weight excluding hydrogens is 332 g/mol. The van der Waals surface area contributed by atoms with E-state index in [2.05, 4.69) is 16.9 Å². The average molecular weight is 358 g/mol. The lowest BCUT2D eigenvalue weighted by Crippen LogP contribution is -2.23. The number of ether oxygens (including phenoxy) is 1. The normalized spacial score (nSPS) is 14.1. The highest BCUT2D eigenvalue weighted by atomic mass is 16.5. The largest absolute Gasteiger partial charge is 0.481 e. The first-order valence-electron chi connectivity index (χ1n) is 9.26. The standard InChI is InChI=1S/C20H26N2O4/c1-22(15-9-10-15)12-11-14-13-21-16-5-4-6-17(20(14)16)26-19(25)8-3-2-7-18(23)24/h4-6,13,15,21H,2-3,7-12H2,1H3,(H,23,24). The van der Waals surface area contributed by atoms with Crippen molar-refractivity contribution in [3.05, 3.63) is 30.0 Å². The highest BCUT2D eigenvalue weighted by molar-refractivity contribution is 5.91. The van der Waals surface area contributed by atoms with Gasteiger partial charge in [-0.25, -0.2) is 0 Å². The topological polar surface area (TPSA) is 82.6 Å². The molecule has 26 heavy (non-hydrogen) atoms. The molecule has 0 radical (unpaired) electrons. The molecule has 0 amide bonds. The van der Waals surface area contributed by atoms with Gasteiger partial charge in [-0.2, -0.15) is 0 Å². The molecule has 2 aromatic rings. The number of hydrogen-bond acceptors (Lipinski definition) is 4. The van der Waals surface area contributed by atoms with Crippen molar-refractivity contribution < 1.29 is 19.4 Å². The summed E-state index contributed by atoms with van der Waals surface area (Å²) in [6.07, 6.45) is 6.79. The first kappa shape index (κ1) is 18.5. The van der Waals surface area contributed by atoms with Crippen LogP contribution in [-0.2, 0) is 16.0 Å². The number of nitrogens with zero attached hydrogens (tertiary/aromatic N) is 1. The summed E-state index contributed by atoms with van der Waals surface area (Å²) in [5.74, 6) is -0.572. The van der Waals surface area contributed by atoms with Crippen LogP contribution in [-0.4, -0.2) is 46.6 Å².